The van der Waals surface area contributed by atoms with Crippen LogP contribution in [-0.4, -0.2) is 47.6 Å². The summed E-state index contributed by atoms with van der Waals surface area (Å²) < 4.78 is 5.06. The Morgan fingerprint density at radius 1 is 1.48 bits per heavy atom. The van der Waals surface area contributed by atoms with Crippen molar-refractivity contribution in [2.75, 3.05) is 26.8 Å². The van der Waals surface area contributed by atoms with Gasteiger partial charge in [0.2, 0.25) is 5.91 Å². The van der Waals surface area contributed by atoms with Crippen LogP contribution in [0.1, 0.15) is 36.8 Å². The molecular formula is C16H25N3O2. The van der Waals surface area contributed by atoms with E-state index in [4.69, 9.17) is 4.74 Å². The second-order valence-corrected chi connectivity index (χ2v) is 5.75. The normalized spacial score (nSPS) is 18.5. The van der Waals surface area contributed by atoms with Gasteiger partial charge in [0.25, 0.3) is 0 Å². The molecule has 2 rings (SSSR count). The van der Waals surface area contributed by atoms with Crippen LogP contribution in [-0.2, 0) is 22.4 Å². The number of nitrogens with zero attached hydrogens (tertiary/aromatic N) is 3. The van der Waals surface area contributed by atoms with Crippen molar-refractivity contribution in [3.05, 3.63) is 23.3 Å². The maximum absolute atomic E-state index is 12.0. The minimum Gasteiger partial charge on any atom is -0.383 e. The predicted molar refractivity (Wildman–Crippen MR) is 81.0 cm³/mol. The van der Waals surface area contributed by atoms with Crippen LogP contribution in [0.4, 0.5) is 0 Å². The third-order valence-corrected chi connectivity index (χ3v) is 3.94. The third-order valence-electron chi connectivity index (χ3n) is 3.94. The average molecular weight is 291 g/mol. The Morgan fingerprint density at radius 2 is 2.29 bits per heavy atom. The van der Waals surface area contributed by atoms with Crippen LogP contribution in [0.3, 0.4) is 0 Å². The lowest BCUT2D eigenvalue weighted by Gasteiger charge is -2.16. The molecule has 1 fully saturated rings. The van der Waals surface area contributed by atoms with Gasteiger partial charge in [-0.2, -0.15) is 0 Å². The summed E-state index contributed by atoms with van der Waals surface area (Å²) in [6, 6.07) is 0. The molecule has 0 spiro atoms. The number of hydrogen-bond donors (Lipinski definition) is 0. The van der Waals surface area contributed by atoms with Crippen LogP contribution in [0, 0.1) is 12.8 Å². The van der Waals surface area contributed by atoms with Gasteiger partial charge < -0.3 is 9.64 Å². The zero-order valence-corrected chi connectivity index (χ0v) is 13.3. The molecule has 21 heavy (non-hydrogen) atoms. The largest absolute Gasteiger partial charge is 0.383 e. The van der Waals surface area contributed by atoms with Crippen molar-refractivity contribution < 1.29 is 9.53 Å². The Morgan fingerprint density at radius 3 is 3.00 bits per heavy atom. The minimum absolute atomic E-state index is 0.236. The van der Waals surface area contributed by atoms with Crippen molar-refractivity contribution in [1.82, 2.24) is 14.9 Å². The highest BCUT2D eigenvalue weighted by molar-refractivity contribution is 5.78. The summed E-state index contributed by atoms with van der Waals surface area (Å²) in [6.45, 7) is 6.19. The fourth-order valence-electron chi connectivity index (χ4n) is 2.88. The lowest BCUT2D eigenvalue weighted by atomic mass is 9.98. The van der Waals surface area contributed by atoms with Crippen LogP contribution in [0.5, 0.6) is 0 Å². The summed E-state index contributed by atoms with van der Waals surface area (Å²) in [6.07, 6.45) is 5.53. The Bertz CT molecular complexity index is 490. The van der Waals surface area contributed by atoms with E-state index < -0.39 is 0 Å². The zero-order valence-electron chi connectivity index (χ0n) is 13.3. The second-order valence-electron chi connectivity index (χ2n) is 5.75. The van der Waals surface area contributed by atoms with Gasteiger partial charge in [-0.25, -0.2) is 9.97 Å². The van der Waals surface area contributed by atoms with Crippen LogP contribution in [0.15, 0.2) is 6.20 Å². The molecule has 1 amide bonds. The average Bonchev–Trinajstić information content (AvgIpc) is 2.79. The highest BCUT2D eigenvalue weighted by Crippen LogP contribution is 2.23. The molecule has 2 heterocycles. The number of carbonyl (C=O) groups excluding carboxylic acids is 1. The number of aryl methyl sites for hydroxylation is 2. The van der Waals surface area contributed by atoms with Gasteiger partial charge in [0.15, 0.2) is 0 Å². The number of methoxy groups -OCH3 is 1. The van der Waals surface area contributed by atoms with Crippen molar-refractivity contribution in [2.24, 2.45) is 5.92 Å². The van der Waals surface area contributed by atoms with Crippen molar-refractivity contribution >= 4 is 5.91 Å². The Hall–Kier alpha value is -1.49. The smallest absolute Gasteiger partial charge is 0.223 e. The van der Waals surface area contributed by atoms with E-state index in [0.717, 1.165) is 37.3 Å². The van der Waals surface area contributed by atoms with Gasteiger partial charge in [0.1, 0.15) is 5.82 Å². The molecule has 0 aromatic carbocycles. The first kappa shape index (κ1) is 15.9. The second kappa shape index (κ2) is 7.50. The number of ether oxygens (including phenoxy) is 1. The minimum atomic E-state index is 0.236. The molecule has 0 bridgehead atoms. The van der Waals surface area contributed by atoms with Crippen molar-refractivity contribution in [2.45, 2.75) is 39.5 Å². The summed E-state index contributed by atoms with van der Waals surface area (Å²) in [7, 11) is 1.67. The zero-order chi connectivity index (χ0) is 15.2. The quantitative estimate of drug-likeness (QED) is 0.768. The summed E-state index contributed by atoms with van der Waals surface area (Å²) >= 11 is 0. The van der Waals surface area contributed by atoms with Crippen molar-refractivity contribution in [3.8, 4) is 0 Å². The van der Waals surface area contributed by atoms with Crippen LogP contribution >= 0.6 is 0 Å². The number of likely N-dealkylation sites (tertiary alicyclic amines) is 1. The molecule has 0 radical (unpaired) electrons. The van der Waals surface area contributed by atoms with E-state index in [-0.39, 0.29) is 5.91 Å². The lowest BCUT2D eigenvalue weighted by molar-refractivity contribution is -0.128. The molecule has 1 unspecified atom stereocenters. The lowest BCUT2D eigenvalue weighted by Crippen LogP contribution is -2.29. The first-order valence-electron chi connectivity index (χ1n) is 7.72. The van der Waals surface area contributed by atoms with Gasteiger partial charge in [0, 0.05) is 38.5 Å². The van der Waals surface area contributed by atoms with Crippen LogP contribution < -0.4 is 0 Å². The van der Waals surface area contributed by atoms with Gasteiger partial charge in [-0.05, 0) is 31.2 Å². The summed E-state index contributed by atoms with van der Waals surface area (Å²) in [5.74, 6) is 1.41. The fourth-order valence-corrected chi connectivity index (χ4v) is 2.88. The maximum Gasteiger partial charge on any atom is 0.223 e. The molecule has 1 aromatic heterocycles. The van der Waals surface area contributed by atoms with E-state index in [1.54, 1.807) is 7.11 Å². The Balaban J connectivity index is 2.02. The molecule has 1 aliphatic rings. The number of hydrogen-bond acceptors (Lipinski definition) is 4. The van der Waals surface area contributed by atoms with Crippen molar-refractivity contribution in [1.29, 1.82) is 0 Å². The molecule has 0 saturated carbocycles. The number of rotatable bonds is 7. The molecule has 0 N–H and O–H groups in total. The first-order chi connectivity index (χ1) is 10.1. The summed E-state index contributed by atoms with van der Waals surface area (Å²) in [4.78, 5) is 22.8. The standard InChI is InChI=1S/C16H25N3O2/c1-4-5-14-10-17-12(2)18-15(14)8-13-9-16(20)19(11-13)6-7-21-3/h10,13H,4-9,11H2,1-3H3. The predicted octanol–water partition coefficient (Wildman–Crippen LogP) is 1.77. The SMILES string of the molecule is CCCc1cnc(C)nc1CC1CC(=O)N(CCOC)C1. The van der Waals surface area contributed by atoms with Crippen molar-refractivity contribution in [3.63, 3.8) is 0 Å². The van der Waals surface area contributed by atoms with Gasteiger partial charge in [-0.1, -0.05) is 13.3 Å². The monoisotopic (exact) mass is 291 g/mol. The van der Waals surface area contributed by atoms with Crippen LogP contribution in [0.2, 0.25) is 0 Å². The topological polar surface area (TPSA) is 55.3 Å². The van der Waals surface area contributed by atoms with E-state index in [9.17, 15) is 4.79 Å². The molecule has 1 aliphatic heterocycles. The van der Waals surface area contributed by atoms with E-state index in [1.165, 1.54) is 5.56 Å². The Labute approximate surface area is 126 Å². The molecule has 1 saturated heterocycles. The number of amides is 1. The molecule has 0 aliphatic carbocycles. The molecule has 1 aromatic rings. The summed E-state index contributed by atoms with van der Waals surface area (Å²) in [5.41, 5.74) is 2.35. The molecule has 5 nitrogen and oxygen atoms in total. The van der Waals surface area contributed by atoms with Crippen LogP contribution in [0.25, 0.3) is 0 Å². The van der Waals surface area contributed by atoms with Gasteiger partial charge in [0.05, 0.1) is 6.61 Å². The van der Waals surface area contributed by atoms with Gasteiger partial charge >= 0.3 is 0 Å². The molecule has 116 valence electrons. The number of aromatic nitrogens is 2. The highest BCUT2D eigenvalue weighted by atomic mass is 16.5. The first-order valence-corrected chi connectivity index (χ1v) is 7.72. The van der Waals surface area contributed by atoms with Gasteiger partial charge in [-0.3, -0.25) is 4.79 Å². The molecular weight excluding hydrogens is 266 g/mol. The highest BCUT2D eigenvalue weighted by Gasteiger charge is 2.30. The van der Waals surface area contributed by atoms with Gasteiger partial charge in [-0.15, -0.1) is 0 Å². The number of carbonyl (C=O) groups is 1. The Kier molecular flexibility index (Phi) is 5.67. The van der Waals surface area contributed by atoms with E-state index in [1.807, 2.05) is 18.0 Å². The fraction of sp³-hybridized carbons (Fsp3) is 0.688. The molecule has 1 atom stereocenters. The van der Waals surface area contributed by atoms with E-state index in [2.05, 4.69) is 16.9 Å². The summed E-state index contributed by atoms with van der Waals surface area (Å²) in [5, 5.41) is 0. The maximum atomic E-state index is 12.0. The van der Waals surface area contributed by atoms with E-state index >= 15 is 0 Å². The van der Waals surface area contributed by atoms with E-state index in [0.29, 0.717) is 25.5 Å². The molecule has 5 heteroatoms. The third kappa shape index (κ3) is 4.24.